The fraction of sp³-hybridized carbons (Fsp3) is 0.276. The first-order chi connectivity index (χ1) is 18.1. The molecular formula is C29H31N3O6. The molecule has 2 aromatic heterocycles. The lowest BCUT2D eigenvalue weighted by Crippen LogP contribution is -2.24. The monoisotopic (exact) mass is 517 g/mol. The number of Topliss-reactive ketones (excluding diaryl/α,β-unsaturated/α-hetero) is 1. The summed E-state index contributed by atoms with van der Waals surface area (Å²) in [6, 6.07) is 14.2. The average molecular weight is 518 g/mol. The van der Waals surface area contributed by atoms with Crippen molar-refractivity contribution in [2.45, 2.75) is 32.3 Å². The zero-order valence-corrected chi connectivity index (χ0v) is 21.8. The van der Waals surface area contributed by atoms with Crippen LogP contribution in [0.5, 0.6) is 17.2 Å². The van der Waals surface area contributed by atoms with Gasteiger partial charge in [0.2, 0.25) is 0 Å². The van der Waals surface area contributed by atoms with Gasteiger partial charge >= 0.3 is 0 Å². The highest BCUT2D eigenvalue weighted by Crippen LogP contribution is 2.37. The Balaban J connectivity index is 1.56. The number of nitrogens with two attached hydrogens (primary N) is 1. The lowest BCUT2D eigenvalue weighted by molar-refractivity contribution is -0.119. The Labute approximate surface area is 220 Å². The van der Waals surface area contributed by atoms with Crippen LogP contribution in [0.4, 0.5) is 0 Å². The lowest BCUT2D eigenvalue weighted by Gasteiger charge is -2.23. The fourth-order valence-corrected chi connectivity index (χ4v) is 4.34. The summed E-state index contributed by atoms with van der Waals surface area (Å²) in [5, 5.41) is 12.3. The molecule has 0 saturated carbocycles. The number of methoxy groups -OCH3 is 2. The number of aryl methyl sites for hydroxylation is 1. The van der Waals surface area contributed by atoms with E-state index in [-0.39, 0.29) is 25.2 Å². The quantitative estimate of drug-likeness (QED) is 0.252. The van der Waals surface area contributed by atoms with Gasteiger partial charge in [-0.15, -0.1) is 0 Å². The standard InChI is InChI=1S/C29H31N3O6/c1-17-6-5-7-19-20(15-31-27(17)19)28-23(36-3)10-11-25(32-28)29(2,35)13-12-21(33)18-8-9-22(24(14-18)37-4)38-16-26(30)34/h5-11,14-15,31,35H,12-13,16H2,1-4H3,(H2,30,34). The number of aromatic amines is 1. The van der Waals surface area contributed by atoms with Gasteiger partial charge in [-0.05, 0) is 56.2 Å². The van der Waals surface area contributed by atoms with Crippen molar-refractivity contribution in [1.82, 2.24) is 9.97 Å². The maximum atomic E-state index is 13.0. The minimum absolute atomic E-state index is 0.0625. The summed E-state index contributed by atoms with van der Waals surface area (Å²) in [5.41, 5.74) is 8.14. The van der Waals surface area contributed by atoms with Crippen molar-refractivity contribution in [3.05, 3.63) is 71.5 Å². The minimum Gasteiger partial charge on any atom is -0.494 e. The number of amides is 1. The fourth-order valence-electron chi connectivity index (χ4n) is 4.34. The second kappa shape index (κ2) is 10.9. The smallest absolute Gasteiger partial charge is 0.255 e. The second-order valence-electron chi connectivity index (χ2n) is 9.26. The van der Waals surface area contributed by atoms with Gasteiger partial charge < -0.3 is 30.0 Å². The molecule has 2 heterocycles. The summed E-state index contributed by atoms with van der Waals surface area (Å²) in [7, 11) is 3.02. The number of nitrogens with one attached hydrogen (secondary N) is 1. The van der Waals surface area contributed by atoms with Crippen LogP contribution in [0.1, 0.15) is 41.4 Å². The van der Waals surface area contributed by atoms with Crippen molar-refractivity contribution in [2.75, 3.05) is 20.8 Å². The third-order valence-electron chi connectivity index (χ3n) is 6.50. The molecule has 4 rings (SSSR count). The maximum Gasteiger partial charge on any atom is 0.255 e. The Morgan fingerprint density at radius 2 is 1.79 bits per heavy atom. The van der Waals surface area contributed by atoms with Gasteiger partial charge in [-0.25, -0.2) is 4.98 Å². The lowest BCUT2D eigenvalue weighted by atomic mass is 9.92. The SMILES string of the molecule is COc1cc(C(=O)CCC(C)(O)c2ccc(OC)c(-c3c[nH]c4c(C)cccc34)n2)ccc1OCC(N)=O. The molecule has 0 bridgehead atoms. The van der Waals surface area contributed by atoms with E-state index in [2.05, 4.69) is 4.98 Å². The summed E-state index contributed by atoms with van der Waals surface area (Å²) >= 11 is 0. The molecule has 4 N–H and O–H groups in total. The summed E-state index contributed by atoms with van der Waals surface area (Å²) in [4.78, 5) is 32.1. The molecule has 1 atom stereocenters. The predicted molar refractivity (Wildman–Crippen MR) is 144 cm³/mol. The van der Waals surface area contributed by atoms with E-state index in [1.807, 2.05) is 31.3 Å². The van der Waals surface area contributed by atoms with Gasteiger partial charge in [0.15, 0.2) is 23.9 Å². The van der Waals surface area contributed by atoms with Crippen LogP contribution in [-0.4, -0.2) is 47.6 Å². The van der Waals surface area contributed by atoms with Crippen LogP contribution < -0.4 is 19.9 Å². The highest BCUT2D eigenvalue weighted by Gasteiger charge is 2.28. The van der Waals surface area contributed by atoms with Crippen molar-refractivity contribution >= 4 is 22.6 Å². The number of fused-ring (bicyclic) bond motifs is 1. The first-order valence-corrected chi connectivity index (χ1v) is 12.1. The summed E-state index contributed by atoms with van der Waals surface area (Å²) in [5.74, 6) is 0.376. The first-order valence-electron chi connectivity index (χ1n) is 12.1. The first kappa shape index (κ1) is 26.7. The van der Waals surface area contributed by atoms with E-state index in [9.17, 15) is 14.7 Å². The number of primary amides is 1. The zero-order chi connectivity index (χ0) is 27.4. The molecule has 0 aliphatic carbocycles. The molecule has 0 aliphatic heterocycles. The normalized spacial score (nSPS) is 12.7. The molecule has 0 saturated heterocycles. The van der Waals surface area contributed by atoms with Crippen molar-refractivity contribution in [2.24, 2.45) is 5.73 Å². The Morgan fingerprint density at radius 3 is 2.50 bits per heavy atom. The summed E-state index contributed by atoms with van der Waals surface area (Å²) < 4.78 is 16.2. The van der Waals surface area contributed by atoms with Gasteiger partial charge in [0.25, 0.3) is 5.91 Å². The molecule has 0 spiro atoms. The largest absolute Gasteiger partial charge is 0.494 e. The molecule has 1 unspecified atom stereocenters. The van der Waals surface area contributed by atoms with E-state index < -0.39 is 11.5 Å². The van der Waals surface area contributed by atoms with Gasteiger partial charge in [0, 0.05) is 34.6 Å². The number of H-pyrrole nitrogens is 1. The molecule has 0 aliphatic rings. The van der Waals surface area contributed by atoms with Crippen molar-refractivity contribution in [1.29, 1.82) is 0 Å². The highest BCUT2D eigenvalue weighted by molar-refractivity contribution is 5.98. The van der Waals surface area contributed by atoms with Crippen LogP contribution in [0.2, 0.25) is 0 Å². The van der Waals surface area contributed by atoms with E-state index in [1.54, 1.807) is 38.3 Å². The third-order valence-corrected chi connectivity index (χ3v) is 6.50. The van der Waals surface area contributed by atoms with Gasteiger partial charge in [-0.3, -0.25) is 9.59 Å². The molecule has 38 heavy (non-hydrogen) atoms. The molecule has 1 amide bonds. The Bertz CT molecular complexity index is 1490. The van der Waals surface area contributed by atoms with Gasteiger partial charge in [-0.2, -0.15) is 0 Å². The highest BCUT2D eigenvalue weighted by atomic mass is 16.5. The molecular weight excluding hydrogens is 486 g/mol. The van der Waals surface area contributed by atoms with Crippen LogP contribution in [0.25, 0.3) is 22.2 Å². The zero-order valence-electron chi connectivity index (χ0n) is 21.8. The number of carbonyl (C=O) groups is 2. The van der Waals surface area contributed by atoms with E-state index in [0.29, 0.717) is 34.2 Å². The number of ketones is 1. The maximum absolute atomic E-state index is 13.0. The average Bonchev–Trinajstić information content (AvgIpc) is 3.35. The number of carbonyl (C=O) groups excluding carboxylic acids is 2. The van der Waals surface area contributed by atoms with Crippen molar-refractivity contribution < 1.29 is 28.9 Å². The van der Waals surface area contributed by atoms with E-state index in [0.717, 1.165) is 22.0 Å². The van der Waals surface area contributed by atoms with Crippen LogP contribution in [0.3, 0.4) is 0 Å². The van der Waals surface area contributed by atoms with Crippen LogP contribution in [-0.2, 0) is 10.4 Å². The molecule has 2 aromatic carbocycles. The molecule has 4 aromatic rings. The van der Waals surface area contributed by atoms with Gasteiger partial charge in [0.1, 0.15) is 17.0 Å². The van der Waals surface area contributed by atoms with Crippen LogP contribution >= 0.6 is 0 Å². The second-order valence-corrected chi connectivity index (χ2v) is 9.26. The van der Waals surface area contributed by atoms with E-state index in [1.165, 1.54) is 13.2 Å². The number of rotatable bonds is 11. The molecule has 9 heteroatoms. The Kier molecular flexibility index (Phi) is 7.68. The van der Waals surface area contributed by atoms with Gasteiger partial charge in [-0.1, -0.05) is 18.2 Å². The molecule has 0 radical (unpaired) electrons. The number of hydrogen-bond donors (Lipinski definition) is 3. The van der Waals surface area contributed by atoms with Crippen LogP contribution in [0, 0.1) is 6.92 Å². The summed E-state index contributed by atoms with van der Waals surface area (Å²) in [6.07, 6.45) is 2.08. The summed E-state index contributed by atoms with van der Waals surface area (Å²) in [6.45, 7) is 3.36. The number of ether oxygens (including phenoxy) is 3. The van der Waals surface area contributed by atoms with E-state index in [4.69, 9.17) is 24.9 Å². The third kappa shape index (κ3) is 5.47. The number of pyridine rings is 1. The number of benzene rings is 2. The predicted octanol–water partition coefficient (Wildman–Crippen LogP) is 4.29. The molecule has 9 nitrogen and oxygen atoms in total. The van der Waals surface area contributed by atoms with Crippen molar-refractivity contribution in [3.63, 3.8) is 0 Å². The number of para-hydroxylation sites is 1. The number of aromatic nitrogens is 2. The molecule has 0 fully saturated rings. The minimum atomic E-state index is -1.38. The van der Waals surface area contributed by atoms with E-state index >= 15 is 0 Å². The molecule has 198 valence electrons. The number of nitrogens with zero attached hydrogens (tertiary/aromatic N) is 1. The topological polar surface area (TPSA) is 137 Å². The van der Waals surface area contributed by atoms with Crippen LogP contribution in [0.15, 0.2) is 54.7 Å². The number of aliphatic hydroxyl groups is 1. The number of hydrogen-bond acceptors (Lipinski definition) is 7. The van der Waals surface area contributed by atoms with Gasteiger partial charge in [0.05, 0.1) is 19.9 Å². The van der Waals surface area contributed by atoms with Crippen molar-refractivity contribution in [3.8, 4) is 28.5 Å². The Hall–Kier alpha value is -4.37. The Morgan fingerprint density at radius 1 is 1.05 bits per heavy atom.